The number of anilines is 1. The van der Waals surface area contributed by atoms with Crippen LogP contribution in [0.4, 0.5) is 5.82 Å². The van der Waals surface area contributed by atoms with Gasteiger partial charge in [0.2, 0.25) is 11.5 Å². The van der Waals surface area contributed by atoms with E-state index < -0.39 is 5.91 Å². The van der Waals surface area contributed by atoms with E-state index in [1.165, 1.54) is 0 Å². The Kier molecular flexibility index (Phi) is 3.59. The number of hydrogen-bond donors (Lipinski definition) is 2. The predicted octanol–water partition coefficient (Wildman–Crippen LogP) is 2.72. The fourth-order valence-corrected chi connectivity index (χ4v) is 2.75. The first-order valence-electron chi connectivity index (χ1n) is 7.56. The zero-order valence-corrected chi connectivity index (χ0v) is 13.0. The number of nitrogens with one attached hydrogen (secondary N) is 1. The van der Waals surface area contributed by atoms with Gasteiger partial charge in [-0.1, -0.05) is 48.5 Å². The maximum absolute atomic E-state index is 12.0. The number of nitrogens with zero attached hydrogens (tertiary/aromatic N) is 3. The number of amides is 1. The van der Waals surface area contributed by atoms with Crippen molar-refractivity contribution in [2.24, 2.45) is 5.10 Å². The van der Waals surface area contributed by atoms with E-state index in [1.54, 1.807) is 6.21 Å². The third-order valence-corrected chi connectivity index (χ3v) is 3.90. The summed E-state index contributed by atoms with van der Waals surface area (Å²) < 4.78 is 4.41. The lowest BCUT2D eigenvalue weighted by Crippen LogP contribution is -2.19. The molecule has 4 rings (SSSR count). The van der Waals surface area contributed by atoms with E-state index >= 15 is 0 Å². The molecule has 3 N–H and O–H groups in total. The van der Waals surface area contributed by atoms with E-state index in [0.29, 0.717) is 0 Å². The first-order chi connectivity index (χ1) is 12.2. The van der Waals surface area contributed by atoms with Crippen LogP contribution in [0.3, 0.4) is 0 Å². The standard InChI is InChI=1S/C18H13N5O2/c19-17-16(22-25-23-17)18(24)21-20-10-15-13-7-3-1-5-11(13)9-12-6-2-4-8-14(12)15/h1-10H,(H2,19,23)(H,21,24). The van der Waals surface area contributed by atoms with Crippen LogP contribution in [0.25, 0.3) is 21.5 Å². The predicted molar refractivity (Wildman–Crippen MR) is 95.2 cm³/mol. The van der Waals surface area contributed by atoms with Gasteiger partial charge in [-0.3, -0.25) is 4.79 Å². The summed E-state index contributed by atoms with van der Waals surface area (Å²) in [6.45, 7) is 0. The van der Waals surface area contributed by atoms with Crippen molar-refractivity contribution in [2.75, 3.05) is 5.73 Å². The molecule has 122 valence electrons. The number of nitrogens with two attached hydrogens (primary N) is 1. The third kappa shape index (κ3) is 2.67. The summed E-state index contributed by atoms with van der Waals surface area (Å²) in [5.74, 6) is -0.664. The normalized spacial score (nSPS) is 11.4. The van der Waals surface area contributed by atoms with Gasteiger partial charge in [0.05, 0.1) is 6.21 Å². The summed E-state index contributed by atoms with van der Waals surface area (Å²) in [6, 6.07) is 18.2. The quantitative estimate of drug-likeness (QED) is 0.341. The molecule has 0 spiro atoms. The number of hydrogen-bond acceptors (Lipinski definition) is 6. The molecule has 0 saturated heterocycles. The summed E-state index contributed by atoms with van der Waals surface area (Å²) >= 11 is 0. The van der Waals surface area contributed by atoms with Gasteiger partial charge >= 0.3 is 0 Å². The Morgan fingerprint density at radius 3 is 2.28 bits per heavy atom. The molecule has 1 heterocycles. The minimum Gasteiger partial charge on any atom is -0.379 e. The highest BCUT2D eigenvalue weighted by molar-refractivity contribution is 6.13. The van der Waals surface area contributed by atoms with Gasteiger partial charge in [-0.05, 0) is 37.9 Å². The van der Waals surface area contributed by atoms with E-state index in [9.17, 15) is 4.79 Å². The van der Waals surface area contributed by atoms with E-state index in [1.807, 2.05) is 48.5 Å². The molecule has 0 radical (unpaired) electrons. The molecule has 0 unspecified atom stereocenters. The molecule has 7 heteroatoms. The molecule has 3 aromatic carbocycles. The van der Waals surface area contributed by atoms with Gasteiger partial charge in [0, 0.05) is 5.56 Å². The lowest BCUT2D eigenvalue weighted by molar-refractivity contribution is 0.0946. The number of aromatic nitrogens is 2. The van der Waals surface area contributed by atoms with Gasteiger partial charge in [0.25, 0.3) is 5.91 Å². The molecule has 0 bridgehead atoms. The Morgan fingerprint density at radius 2 is 1.68 bits per heavy atom. The average Bonchev–Trinajstić information content (AvgIpc) is 3.07. The molecule has 0 saturated carbocycles. The van der Waals surface area contributed by atoms with E-state index in [0.717, 1.165) is 27.1 Å². The van der Waals surface area contributed by atoms with E-state index in [4.69, 9.17) is 5.73 Å². The van der Waals surface area contributed by atoms with Crippen molar-refractivity contribution in [3.8, 4) is 0 Å². The van der Waals surface area contributed by atoms with Crippen molar-refractivity contribution in [1.82, 2.24) is 15.7 Å². The summed E-state index contributed by atoms with van der Waals surface area (Å²) in [5.41, 5.74) is 8.70. The molecule has 0 atom stereocenters. The van der Waals surface area contributed by atoms with Gasteiger partial charge in [0.15, 0.2) is 0 Å². The lowest BCUT2D eigenvalue weighted by atomic mass is 9.97. The van der Waals surface area contributed by atoms with Crippen LogP contribution in [-0.2, 0) is 0 Å². The smallest absolute Gasteiger partial charge is 0.297 e. The number of nitrogen functional groups attached to an aromatic ring is 1. The minimum atomic E-state index is -0.584. The highest BCUT2D eigenvalue weighted by atomic mass is 16.6. The molecule has 0 aliphatic heterocycles. The highest BCUT2D eigenvalue weighted by Gasteiger charge is 2.15. The monoisotopic (exact) mass is 331 g/mol. The van der Waals surface area contributed by atoms with Crippen LogP contribution in [0.1, 0.15) is 16.1 Å². The largest absolute Gasteiger partial charge is 0.379 e. The Balaban J connectivity index is 1.74. The van der Waals surface area contributed by atoms with Crippen molar-refractivity contribution in [2.45, 2.75) is 0 Å². The van der Waals surface area contributed by atoms with E-state index in [2.05, 4.69) is 31.5 Å². The first-order valence-corrected chi connectivity index (χ1v) is 7.56. The Morgan fingerprint density at radius 1 is 1.04 bits per heavy atom. The summed E-state index contributed by atoms with van der Waals surface area (Å²) in [6.07, 6.45) is 1.62. The molecular formula is C18H13N5O2. The SMILES string of the molecule is Nc1nonc1C(=O)NN=Cc1c2ccccc2cc2ccccc12. The molecular weight excluding hydrogens is 318 g/mol. The van der Waals surface area contributed by atoms with Crippen LogP contribution >= 0.6 is 0 Å². The van der Waals surface area contributed by atoms with Crippen LogP contribution < -0.4 is 11.2 Å². The maximum Gasteiger partial charge on any atom is 0.297 e. The molecule has 0 aliphatic rings. The van der Waals surface area contributed by atoms with Crippen molar-refractivity contribution in [3.05, 3.63) is 65.9 Å². The zero-order valence-electron chi connectivity index (χ0n) is 13.0. The second-order valence-electron chi connectivity index (χ2n) is 5.43. The second kappa shape index (κ2) is 6.04. The van der Waals surface area contributed by atoms with Crippen LogP contribution in [0.2, 0.25) is 0 Å². The Hall–Kier alpha value is -3.74. The van der Waals surface area contributed by atoms with Crippen molar-refractivity contribution in [1.29, 1.82) is 0 Å². The maximum atomic E-state index is 12.0. The molecule has 0 aliphatic carbocycles. The van der Waals surface area contributed by atoms with Crippen molar-refractivity contribution < 1.29 is 9.42 Å². The average molecular weight is 331 g/mol. The van der Waals surface area contributed by atoms with Gasteiger partial charge in [-0.25, -0.2) is 10.1 Å². The number of fused-ring (bicyclic) bond motifs is 2. The molecule has 0 fully saturated rings. The number of carbonyl (C=O) groups is 1. The van der Waals surface area contributed by atoms with Gasteiger partial charge in [-0.15, -0.1) is 0 Å². The van der Waals surface area contributed by atoms with Crippen molar-refractivity contribution in [3.63, 3.8) is 0 Å². The van der Waals surface area contributed by atoms with Gasteiger partial charge < -0.3 is 5.73 Å². The van der Waals surface area contributed by atoms with E-state index in [-0.39, 0.29) is 11.5 Å². The lowest BCUT2D eigenvalue weighted by Gasteiger charge is -2.07. The Labute approximate surface area is 142 Å². The third-order valence-electron chi connectivity index (χ3n) is 3.90. The summed E-state index contributed by atoms with van der Waals surface area (Å²) in [7, 11) is 0. The molecule has 4 aromatic rings. The van der Waals surface area contributed by atoms with Crippen LogP contribution in [-0.4, -0.2) is 22.4 Å². The number of benzene rings is 3. The number of rotatable bonds is 3. The summed E-state index contributed by atoms with van der Waals surface area (Å²) in [4.78, 5) is 12.0. The molecule has 25 heavy (non-hydrogen) atoms. The Bertz CT molecular complexity index is 1060. The second-order valence-corrected chi connectivity index (χ2v) is 5.43. The highest BCUT2D eigenvalue weighted by Crippen LogP contribution is 2.27. The zero-order chi connectivity index (χ0) is 17.2. The molecule has 7 nitrogen and oxygen atoms in total. The summed E-state index contributed by atoms with van der Waals surface area (Å²) in [5, 5.41) is 15.1. The topological polar surface area (TPSA) is 106 Å². The molecule has 1 aromatic heterocycles. The van der Waals surface area contributed by atoms with Crippen LogP contribution in [0.15, 0.2) is 64.3 Å². The first kappa shape index (κ1) is 14.8. The minimum absolute atomic E-state index is 0.0803. The van der Waals surface area contributed by atoms with Crippen LogP contribution in [0, 0.1) is 0 Å². The van der Waals surface area contributed by atoms with Gasteiger partial charge in [0.1, 0.15) is 0 Å². The number of hydrazone groups is 1. The fourth-order valence-electron chi connectivity index (χ4n) is 2.75. The van der Waals surface area contributed by atoms with Gasteiger partial charge in [-0.2, -0.15) is 5.10 Å². The number of carbonyl (C=O) groups excluding carboxylic acids is 1. The van der Waals surface area contributed by atoms with Crippen LogP contribution in [0.5, 0.6) is 0 Å². The molecule has 1 amide bonds. The fraction of sp³-hybridized carbons (Fsp3) is 0. The van der Waals surface area contributed by atoms with Crippen molar-refractivity contribution >= 4 is 39.5 Å².